The lowest BCUT2D eigenvalue weighted by molar-refractivity contribution is -0.145. The van der Waals surface area contributed by atoms with E-state index < -0.39 is 18.0 Å². The third kappa shape index (κ3) is 6.57. The number of amides is 1. The van der Waals surface area contributed by atoms with Gasteiger partial charge in [0.05, 0.1) is 13.0 Å². The first-order valence-electron chi connectivity index (χ1n) is 8.41. The van der Waals surface area contributed by atoms with E-state index in [0.717, 1.165) is 5.56 Å². The minimum Gasteiger partial charge on any atom is -0.481 e. The number of methoxy groups -OCH3 is 1. The molecular formula is C20H21ClFNO4. The summed E-state index contributed by atoms with van der Waals surface area (Å²) in [5, 5.41) is 3.20. The predicted octanol–water partition coefficient (Wildman–Crippen LogP) is 3.39. The Labute approximate surface area is 162 Å². The molecule has 1 amide bonds. The van der Waals surface area contributed by atoms with E-state index in [1.165, 1.54) is 19.2 Å². The molecule has 0 aliphatic carbocycles. The van der Waals surface area contributed by atoms with Gasteiger partial charge in [0, 0.05) is 11.6 Å². The molecule has 0 spiro atoms. The van der Waals surface area contributed by atoms with E-state index in [2.05, 4.69) is 5.32 Å². The van der Waals surface area contributed by atoms with Gasteiger partial charge >= 0.3 is 5.97 Å². The number of hydrogen-bond donors (Lipinski definition) is 1. The van der Waals surface area contributed by atoms with Gasteiger partial charge in [-0.05, 0) is 49.2 Å². The standard InChI is InChI=1S/C20H21ClFNO4/c1-13(27-18-5-3-4-16(21)11-18)19(24)23-12-15(20(25)26-2)10-14-6-8-17(22)9-7-14/h3-9,11,13,15H,10,12H2,1-2H3,(H,23,24)/t13-,15-/m1/s1. The van der Waals surface area contributed by atoms with Crippen molar-refractivity contribution in [3.8, 4) is 5.75 Å². The monoisotopic (exact) mass is 393 g/mol. The van der Waals surface area contributed by atoms with Crippen LogP contribution in [0.15, 0.2) is 48.5 Å². The first-order valence-corrected chi connectivity index (χ1v) is 8.79. The van der Waals surface area contributed by atoms with E-state index in [4.69, 9.17) is 21.1 Å². The van der Waals surface area contributed by atoms with Crippen molar-refractivity contribution < 1.29 is 23.5 Å². The van der Waals surface area contributed by atoms with Crippen molar-refractivity contribution >= 4 is 23.5 Å². The first-order chi connectivity index (χ1) is 12.9. The normalized spacial score (nSPS) is 12.7. The molecule has 0 aliphatic heterocycles. The largest absolute Gasteiger partial charge is 0.481 e. The average molecular weight is 394 g/mol. The molecule has 0 aromatic heterocycles. The van der Waals surface area contributed by atoms with Crippen LogP contribution < -0.4 is 10.1 Å². The van der Waals surface area contributed by atoms with E-state index in [9.17, 15) is 14.0 Å². The van der Waals surface area contributed by atoms with Crippen LogP contribution in [-0.4, -0.2) is 31.6 Å². The second-order valence-electron chi connectivity index (χ2n) is 6.01. The number of nitrogens with one attached hydrogen (secondary N) is 1. The molecule has 0 saturated carbocycles. The molecule has 2 aromatic carbocycles. The molecule has 0 unspecified atom stereocenters. The van der Waals surface area contributed by atoms with Crippen LogP contribution in [0.5, 0.6) is 5.75 Å². The molecule has 2 aromatic rings. The number of benzene rings is 2. The molecule has 2 rings (SSSR count). The van der Waals surface area contributed by atoms with E-state index in [1.807, 2.05) is 0 Å². The van der Waals surface area contributed by atoms with Crippen molar-refractivity contribution in [2.24, 2.45) is 5.92 Å². The third-order valence-corrected chi connectivity index (χ3v) is 4.17. The molecule has 0 bridgehead atoms. The third-order valence-electron chi connectivity index (χ3n) is 3.93. The SMILES string of the molecule is COC(=O)[C@@H](CNC(=O)[C@@H](C)Oc1cccc(Cl)c1)Cc1ccc(F)cc1. The molecule has 0 aliphatic rings. The van der Waals surface area contributed by atoms with Crippen molar-refractivity contribution in [1.82, 2.24) is 5.32 Å². The van der Waals surface area contributed by atoms with Crippen molar-refractivity contribution in [3.05, 3.63) is 64.9 Å². The van der Waals surface area contributed by atoms with Crippen LogP contribution in [0.3, 0.4) is 0 Å². The number of carbonyl (C=O) groups excluding carboxylic acids is 2. The van der Waals surface area contributed by atoms with E-state index >= 15 is 0 Å². The van der Waals surface area contributed by atoms with Gasteiger partial charge < -0.3 is 14.8 Å². The van der Waals surface area contributed by atoms with Crippen molar-refractivity contribution in [2.75, 3.05) is 13.7 Å². The Hall–Kier alpha value is -2.60. The highest BCUT2D eigenvalue weighted by molar-refractivity contribution is 6.30. The Morgan fingerprint density at radius 1 is 1.19 bits per heavy atom. The highest BCUT2D eigenvalue weighted by atomic mass is 35.5. The lowest BCUT2D eigenvalue weighted by Crippen LogP contribution is -2.41. The minimum atomic E-state index is -0.771. The van der Waals surface area contributed by atoms with E-state index in [0.29, 0.717) is 17.2 Å². The highest BCUT2D eigenvalue weighted by Crippen LogP contribution is 2.18. The number of hydrogen-bond acceptors (Lipinski definition) is 4. The smallest absolute Gasteiger partial charge is 0.310 e. The Balaban J connectivity index is 1.93. The second kappa shape index (κ2) is 9.92. The van der Waals surface area contributed by atoms with Crippen LogP contribution in [-0.2, 0) is 20.7 Å². The molecule has 7 heteroatoms. The Morgan fingerprint density at radius 2 is 1.89 bits per heavy atom. The van der Waals surface area contributed by atoms with Crippen LogP contribution >= 0.6 is 11.6 Å². The van der Waals surface area contributed by atoms with Gasteiger partial charge in [-0.3, -0.25) is 9.59 Å². The van der Waals surface area contributed by atoms with Gasteiger partial charge in [0.1, 0.15) is 11.6 Å². The van der Waals surface area contributed by atoms with Crippen LogP contribution in [0.25, 0.3) is 0 Å². The van der Waals surface area contributed by atoms with Gasteiger partial charge in [0.15, 0.2) is 6.10 Å². The van der Waals surface area contributed by atoms with Crippen molar-refractivity contribution in [1.29, 1.82) is 0 Å². The highest BCUT2D eigenvalue weighted by Gasteiger charge is 2.23. The lowest BCUT2D eigenvalue weighted by atomic mass is 9.99. The fourth-order valence-electron chi connectivity index (χ4n) is 2.48. The van der Waals surface area contributed by atoms with Crippen LogP contribution in [0.1, 0.15) is 12.5 Å². The Kier molecular flexibility index (Phi) is 7.61. The maximum absolute atomic E-state index is 13.0. The van der Waals surface area contributed by atoms with Gasteiger partial charge in [-0.15, -0.1) is 0 Å². The summed E-state index contributed by atoms with van der Waals surface area (Å²) in [5.74, 6) is -1.30. The van der Waals surface area contributed by atoms with Gasteiger partial charge in [0.2, 0.25) is 0 Å². The topological polar surface area (TPSA) is 64.6 Å². The summed E-state index contributed by atoms with van der Waals surface area (Å²) in [6.07, 6.45) is -0.455. The van der Waals surface area contributed by atoms with Gasteiger partial charge in [-0.2, -0.15) is 0 Å². The number of halogens is 2. The second-order valence-corrected chi connectivity index (χ2v) is 6.45. The van der Waals surface area contributed by atoms with Crippen molar-refractivity contribution in [2.45, 2.75) is 19.4 Å². The lowest BCUT2D eigenvalue weighted by Gasteiger charge is -2.18. The van der Waals surface area contributed by atoms with E-state index in [-0.39, 0.29) is 18.3 Å². The molecule has 27 heavy (non-hydrogen) atoms. The number of esters is 1. The molecule has 0 heterocycles. The summed E-state index contributed by atoms with van der Waals surface area (Å²) in [6, 6.07) is 12.6. The summed E-state index contributed by atoms with van der Waals surface area (Å²) in [7, 11) is 1.28. The average Bonchev–Trinajstić information content (AvgIpc) is 2.65. The summed E-state index contributed by atoms with van der Waals surface area (Å²) in [4.78, 5) is 24.3. The molecule has 144 valence electrons. The summed E-state index contributed by atoms with van der Waals surface area (Å²) in [5.41, 5.74) is 0.768. The zero-order valence-electron chi connectivity index (χ0n) is 15.1. The zero-order chi connectivity index (χ0) is 19.8. The minimum absolute atomic E-state index is 0.0755. The maximum Gasteiger partial charge on any atom is 0.310 e. The van der Waals surface area contributed by atoms with Crippen LogP contribution in [0, 0.1) is 11.7 Å². The summed E-state index contributed by atoms with van der Waals surface area (Å²) in [6.45, 7) is 1.68. The molecular weight excluding hydrogens is 373 g/mol. The number of rotatable bonds is 8. The maximum atomic E-state index is 13.0. The molecule has 0 saturated heterocycles. The summed E-state index contributed by atoms with van der Waals surface area (Å²) < 4.78 is 23.4. The van der Waals surface area contributed by atoms with E-state index in [1.54, 1.807) is 43.3 Å². The first kappa shape index (κ1) is 20.7. The van der Waals surface area contributed by atoms with Crippen molar-refractivity contribution in [3.63, 3.8) is 0 Å². The fourth-order valence-corrected chi connectivity index (χ4v) is 2.66. The molecule has 2 atom stereocenters. The predicted molar refractivity (Wildman–Crippen MR) is 100 cm³/mol. The van der Waals surface area contributed by atoms with Crippen LogP contribution in [0.4, 0.5) is 4.39 Å². The van der Waals surface area contributed by atoms with Crippen LogP contribution in [0.2, 0.25) is 5.02 Å². The number of carbonyl (C=O) groups is 2. The fraction of sp³-hybridized carbons (Fsp3) is 0.300. The quantitative estimate of drug-likeness (QED) is 0.698. The van der Waals surface area contributed by atoms with Gasteiger partial charge in [-0.1, -0.05) is 29.8 Å². The molecule has 0 fully saturated rings. The number of ether oxygens (including phenoxy) is 2. The molecule has 1 N–H and O–H groups in total. The zero-order valence-corrected chi connectivity index (χ0v) is 15.8. The van der Waals surface area contributed by atoms with Gasteiger partial charge in [-0.25, -0.2) is 4.39 Å². The Morgan fingerprint density at radius 3 is 2.52 bits per heavy atom. The molecule has 5 nitrogen and oxygen atoms in total. The Bertz CT molecular complexity index is 782. The summed E-state index contributed by atoms with van der Waals surface area (Å²) >= 11 is 5.89. The van der Waals surface area contributed by atoms with Gasteiger partial charge in [0.25, 0.3) is 5.91 Å². The molecule has 0 radical (unpaired) electrons.